The Morgan fingerprint density at radius 3 is 2.45 bits per heavy atom. The summed E-state index contributed by atoms with van der Waals surface area (Å²) in [4.78, 5) is -0.674. The van der Waals surface area contributed by atoms with Crippen LogP contribution in [0.1, 0.15) is 5.56 Å². The van der Waals surface area contributed by atoms with Gasteiger partial charge in [-0.2, -0.15) is 13.2 Å². The van der Waals surface area contributed by atoms with Gasteiger partial charge >= 0.3 is 5.51 Å². The molecular weight excluding hydrogens is 322 g/mol. The van der Waals surface area contributed by atoms with Crippen LogP contribution >= 0.6 is 11.8 Å². The minimum Gasteiger partial charge on any atom is -0.392 e. The van der Waals surface area contributed by atoms with E-state index in [-0.39, 0.29) is 17.3 Å². The van der Waals surface area contributed by atoms with Crippen molar-refractivity contribution in [3.8, 4) is 0 Å². The van der Waals surface area contributed by atoms with E-state index in [0.29, 0.717) is 0 Å². The van der Waals surface area contributed by atoms with Crippen LogP contribution in [0.2, 0.25) is 0 Å². The zero-order valence-electron chi connectivity index (χ0n) is 9.95. The van der Waals surface area contributed by atoms with Gasteiger partial charge in [0.05, 0.1) is 6.61 Å². The number of sulfonamides is 1. The number of nitrogens with one attached hydrogen (secondary N) is 1. The highest BCUT2D eigenvalue weighted by Gasteiger charge is 2.28. The highest BCUT2D eigenvalue weighted by atomic mass is 32.2. The third-order valence-corrected chi connectivity index (χ3v) is 4.36. The summed E-state index contributed by atoms with van der Waals surface area (Å²) in [7, 11) is -4.22. The van der Waals surface area contributed by atoms with E-state index < -0.39 is 45.1 Å². The van der Waals surface area contributed by atoms with Gasteiger partial charge in [0.15, 0.2) is 0 Å². The topological polar surface area (TPSA) is 66.4 Å². The van der Waals surface area contributed by atoms with Gasteiger partial charge in [-0.25, -0.2) is 17.5 Å². The van der Waals surface area contributed by atoms with Crippen molar-refractivity contribution >= 4 is 21.8 Å². The van der Waals surface area contributed by atoms with Crippen LogP contribution in [0.15, 0.2) is 23.1 Å². The highest BCUT2D eigenvalue weighted by Crippen LogP contribution is 2.29. The largest absolute Gasteiger partial charge is 0.441 e. The van der Waals surface area contributed by atoms with Crippen LogP contribution in [-0.4, -0.2) is 31.3 Å². The molecule has 0 bridgehead atoms. The summed E-state index contributed by atoms with van der Waals surface area (Å²) in [6.07, 6.45) is 0. The first-order valence-corrected chi connectivity index (χ1v) is 7.72. The fourth-order valence-corrected chi connectivity index (χ4v) is 2.94. The molecule has 0 aliphatic carbocycles. The summed E-state index contributed by atoms with van der Waals surface area (Å²) < 4.78 is 74.3. The summed E-state index contributed by atoms with van der Waals surface area (Å²) in [6.45, 7) is -0.930. The van der Waals surface area contributed by atoms with Crippen molar-refractivity contribution in [2.75, 3.05) is 12.3 Å². The monoisotopic (exact) mass is 333 g/mol. The number of thioether (sulfide) groups is 1. The van der Waals surface area contributed by atoms with E-state index in [1.807, 2.05) is 4.72 Å². The first kappa shape index (κ1) is 17.2. The third-order valence-electron chi connectivity index (χ3n) is 2.13. The molecule has 0 unspecified atom stereocenters. The Balaban J connectivity index is 2.70. The molecule has 1 aromatic carbocycles. The molecule has 0 saturated heterocycles. The van der Waals surface area contributed by atoms with Crippen molar-refractivity contribution in [3.63, 3.8) is 0 Å². The lowest BCUT2D eigenvalue weighted by Gasteiger charge is -2.09. The quantitative estimate of drug-likeness (QED) is 0.616. The maximum absolute atomic E-state index is 13.5. The molecule has 10 heteroatoms. The molecule has 1 aromatic rings. The Morgan fingerprint density at radius 1 is 1.30 bits per heavy atom. The predicted octanol–water partition coefficient (Wildman–Crippen LogP) is 1.85. The molecule has 2 N–H and O–H groups in total. The molecule has 0 aromatic heterocycles. The molecule has 1 rings (SSSR count). The van der Waals surface area contributed by atoms with Gasteiger partial charge in [-0.05, 0) is 29.5 Å². The average Bonchev–Trinajstić information content (AvgIpc) is 2.33. The SMILES string of the molecule is O=S(=O)(NCCSC(F)(F)F)c1ccc(CO)cc1F. The Bertz CT molecular complexity index is 560. The molecule has 0 spiro atoms. The van der Waals surface area contributed by atoms with Crippen molar-refractivity contribution in [2.24, 2.45) is 0 Å². The second-order valence-electron chi connectivity index (χ2n) is 3.61. The summed E-state index contributed by atoms with van der Waals surface area (Å²) in [5.74, 6) is -1.59. The third kappa shape index (κ3) is 5.27. The highest BCUT2D eigenvalue weighted by molar-refractivity contribution is 8.00. The second-order valence-corrected chi connectivity index (χ2v) is 6.51. The van der Waals surface area contributed by atoms with E-state index in [1.165, 1.54) is 6.07 Å². The second kappa shape index (κ2) is 6.74. The van der Waals surface area contributed by atoms with Gasteiger partial charge < -0.3 is 5.11 Å². The van der Waals surface area contributed by atoms with Crippen molar-refractivity contribution in [3.05, 3.63) is 29.6 Å². The maximum atomic E-state index is 13.5. The van der Waals surface area contributed by atoms with Crippen molar-refractivity contribution in [1.82, 2.24) is 4.72 Å². The van der Waals surface area contributed by atoms with E-state index in [4.69, 9.17) is 5.11 Å². The number of benzene rings is 1. The first-order chi connectivity index (χ1) is 9.15. The van der Waals surface area contributed by atoms with E-state index in [2.05, 4.69) is 0 Å². The lowest BCUT2D eigenvalue weighted by Crippen LogP contribution is -2.27. The Hall–Kier alpha value is -0.840. The van der Waals surface area contributed by atoms with E-state index in [0.717, 1.165) is 12.1 Å². The van der Waals surface area contributed by atoms with Crippen molar-refractivity contribution in [1.29, 1.82) is 0 Å². The summed E-state index contributed by atoms with van der Waals surface area (Å²) in [5, 5.41) is 8.76. The van der Waals surface area contributed by atoms with E-state index >= 15 is 0 Å². The molecule has 0 amide bonds. The molecule has 0 radical (unpaired) electrons. The van der Waals surface area contributed by atoms with Crippen molar-refractivity contribution in [2.45, 2.75) is 17.0 Å². The molecule has 0 aliphatic rings. The fraction of sp³-hybridized carbons (Fsp3) is 0.400. The minimum absolute atomic E-state index is 0.189. The van der Waals surface area contributed by atoms with E-state index in [9.17, 15) is 26.0 Å². The summed E-state index contributed by atoms with van der Waals surface area (Å²) in [5.41, 5.74) is -4.26. The molecule has 0 heterocycles. The normalized spacial score (nSPS) is 12.7. The molecule has 20 heavy (non-hydrogen) atoms. The molecule has 4 nitrogen and oxygen atoms in total. The number of rotatable bonds is 6. The van der Waals surface area contributed by atoms with E-state index in [1.54, 1.807) is 0 Å². The number of aliphatic hydroxyl groups excluding tert-OH is 1. The van der Waals surface area contributed by atoms with Crippen LogP contribution < -0.4 is 4.72 Å². The standard InChI is InChI=1S/C10H11F4NO3S2/c11-8-5-7(6-16)1-2-9(8)20(17,18)15-3-4-19-10(12,13)14/h1-2,5,15-16H,3-4,6H2. The van der Waals surface area contributed by atoms with Gasteiger partial charge in [0.25, 0.3) is 0 Å². The summed E-state index contributed by atoms with van der Waals surface area (Å²) >= 11 is -0.374. The average molecular weight is 333 g/mol. The first-order valence-electron chi connectivity index (χ1n) is 5.25. The van der Waals surface area contributed by atoms with Crippen LogP contribution in [0, 0.1) is 5.82 Å². The van der Waals surface area contributed by atoms with Crippen LogP contribution in [0.4, 0.5) is 17.6 Å². The van der Waals surface area contributed by atoms with Gasteiger partial charge in [0, 0.05) is 12.3 Å². The van der Waals surface area contributed by atoms with Crippen LogP contribution in [-0.2, 0) is 16.6 Å². The summed E-state index contributed by atoms with van der Waals surface area (Å²) in [6, 6.07) is 3.00. The molecule has 0 aliphatic heterocycles. The molecule has 0 fully saturated rings. The Labute approximate surface area is 117 Å². The number of alkyl halides is 3. The van der Waals surface area contributed by atoms with Crippen molar-refractivity contribution < 1.29 is 31.1 Å². The Morgan fingerprint density at radius 2 is 1.95 bits per heavy atom. The molecule has 114 valence electrons. The lowest BCUT2D eigenvalue weighted by atomic mass is 10.2. The van der Waals surface area contributed by atoms with Gasteiger partial charge in [-0.3, -0.25) is 0 Å². The van der Waals surface area contributed by atoms with Gasteiger partial charge in [0.1, 0.15) is 10.7 Å². The van der Waals surface area contributed by atoms with Crippen LogP contribution in [0.25, 0.3) is 0 Å². The number of aliphatic hydroxyl groups is 1. The van der Waals surface area contributed by atoms with Gasteiger partial charge in [0.2, 0.25) is 10.0 Å². The lowest BCUT2D eigenvalue weighted by molar-refractivity contribution is -0.0327. The predicted molar refractivity (Wildman–Crippen MR) is 66.0 cm³/mol. The number of halogens is 4. The van der Waals surface area contributed by atoms with Gasteiger partial charge in [-0.15, -0.1) is 0 Å². The zero-order chi connectivity index (χ0) is 15.4. The molecule has 0 saturated carbocycles. The molecular formula is C10H11F4NO3S2. The Kier molecular flexibility index (Phi) is 5.80. The molecule has 0 atom stereocenters. The van der Waals surface area contributed by atoms with Crippen LogP contribution in [0.3, 0.4) is 0 Å². The fourth-order valence-electron chi connectivity index (χ4n) is 1.28. The number of hydrogen-bond donors (Lipinski definition) is 2. The van der Waals surface area contributed by atoms with Crippen LogP contribution in [0.5, 0.6) is 0 Å². The number of hydrogen-bond acceptors (Lipinski definition) is 4. The maximum Gasteiger partial charge on any atom is 0.441 e. The smallest absolute Gasteiger partial charge is 0.392 e. The zero-order valence-corrected chi connectivity index (χ0v) is 11.6. The van der Waals surface area contributed by atoms with Gasteiger partial charge in [-0.1, -0.05) is 6.07 Å². The minimum atomic E-state index is -4.44.